The van der Waals surface area contributed by atoms with Crippen LogP contribution in [0, 0.1) is 0 Å². The number of rotatable bonds is 2. The Labute approximate surface area is 86.2 Å². The summed E-state index contributed by atoms with van der Waals surface area (Å²) in [6, 6.07) is 0. The first-order chi connectivity index (χ1) is 7.02. The van der Waals surface area contributed by atoms with Crippen molar-refractivity contribution in [2.45, 2.75) is 12.3 Å². The predicted molar refractivity (Wildman–Crippen MR) is 52.9 cm³/mol. The lowest BCUT2D eigenvalue weighted by molar-refractivity contribution is 0.0256. The molecule has 1 aromatic rings. The number of halogens is 2. The van der Waals surface area contributed by atoms with Crippen molar-refractivity contribution in [3.05, 3.63) is 12.4 Å². The van der Waals surface area contributed by atoms with E-state index in [2.05, 4.69) is 16.7 Å². The van der Waals surface area contributed by atoms with Crippen LogP contribution in [-0.4, -0.2) is 33.8 Å². The molecule has 0 amide bonds. The van der Waals surface area contributed by atoms with Gasteiger partial charge in [0.25, 0.3) is 5.92 Å². The second kappa shape index (κ2) is 3.29. The van der Waals surface area contributed by atoms with Crippen LogP contribution in [0.5, 0.6) is 0 Å². The Morgan fingerprint density at radius 2 is 2.27 bits per heavy atom. The molecule has 4 nitrogen and oxygen atoms in total. The van der Waals surface area contributed by atoms with Crippen molar-refractivity contribution in [3.63, 3.8) is 0 Å². The average molecular weight is 214 g/mol. The van der Waals surface area contributed by atoms with Crippen molar-refractivity contribution >= 4 is 12.0 Å². The van der Waals surface area contributed by atoms with Gasteiger partial charge in [-0.3, -0.25) is 0 Å². The van der Waals surface area contributed by atoms with E-state index in [0.717, 1.165) is 0 Å². The highest BCUT2D eigenvalue weighted by molar-refractivity contribution is 5.42. The molecule has 0 unspecified atom stereocenters. The van der Waals surface area contributed by atoms with Crippen LogP contribution in [0.3, 0.4) is 0 Å². The van der Waals surface area contributed by atoms with Gasteiger partial charge in [-0.25, -0.2) is 13.5 Å². The first kappa shape index (κ1) is 10.1. The summed E-state index contributed by atoms with van der Waals surface area (Å²) >= 11 is 0. The zero-order valence-corrected chi connectivity index (χ0v) is 8.45. The predicted octanol–water partition coefficient (Wildman–Crippen LogP) is 1.30. The van der Waals surface area contributed by atoms with Gasteiger partial charge in [0.2, 0.25) is 5.95 Å². The lowest BCUT2D eigenvalue weighted by Gasteiger charge is -2.12. The Kier molecular flexibility index (Phi) is 2.21. The van der Waals surface area contributed by atoms with Crippen molar-refractivity contribution in [1.29, 1.82) is 0 Å². The average Bonchev–Trinajstić information content (AvgIpc) is 2.69. The minimum absolute atomic E-state index is 0.130. The summed E-state index contributed by atoms with van der Waals surface area (Å²) in [5, 5.41) is 4.06. The first-order valence-corrected chi connectivity index (χ1v) is 4.68. The zero-order chi connectivity index (χ0) is 11.1. The standard InChI is InChI=1S/C9H12F2N4/c1-3-7-12-8(13-14(7)2)15-5-4-9(10,11)6-15/h3H,1,4-6H2,2H3. The molecule has 0 aliphatic carbocycles. The molecule has 1 aliphatic heterocycles. The minimum Gasteiger partial charge on any atom is -0.333 e. The van der Waals surface area contributed by atoms with E-state index < -0.39 is 5.92 Å². The minimum atomic E-state index is -2.62. The summed E-state index contributed by atoms with van der Waals surface area (Å²) < 4.78 is 27.4. The van der Waals surface area contributed by atoms with Gasteiger partial charge >= 0.3 is 0 Å². The highest BCUT2D eigenvalue weighted by Crippen LogP contribution is 2.29. The van der Waals surface area contributed by atoms with Crippen molar-refractivity contribution < 1.29 is 8.78 Å². The van der Waals surface area contributed by atoms with E-state index in [1.165, 1.54) is 9.58 Å². The van der Waals surface area contributed by atoms with E-state index in [9.17, 15) is 8.78 Å². The van der Waals surface area contributed by atoms with Gasteiger partial charge in [-0.05, 0) is 6.08 Å². The molecule has 0 spiro atoms. The Bertz CT molecular complexity index is 385. The van der Waals surface area contributed by atoms with E-state index in [4.69, 9.17) is 0 Å². The third kappa shape index (κ3) is 1.84. The fourth-order valence-electron chi connectivity index (χ4n) is 1.60. The van der Waals surface area contributed by atoms with Crippen molar-refractivity contribution in [1.82, 2.24) is 14.8 Å². The number of hydrogen-bond donors (Lipinski definition) is 0. The van der Waals surface area contributed by atoms with Crippen LogP contribution in [0.25, 0.3) is 6.08 Å². The Morgan fingerprint density at radius 3 is 2.73 bits per heavy atom. The van der Waals surface area contributed by atoms with Gasteiger partial charge in [0.05, 0.1) is 6.54 Å². The first-order valence-electron chi connectivity index (χ1n) is 4.68. The van der Waals surface area contributed by atoms with Crippen LogP contribution in [0.15, 0.2) is 6.58 Å². The van der Waals surface area contributed by atoms with Gasteiger partial charge in [-0.2, -0.15) is 4.98 Å². The van der Waals surface area contributed by atoms with Gasteiger partial charge in [0, 0.05) is 20.0 Å². The van der Waals surface area contributed by atoms with E-state index in [-0.39, 0.29) is 13.0 Å². The van der Waals surface area contributed by atoms with Crippen molar-refractivity contribution in [2.24, 2.45) is 7.05 Å². The van der Waals surface area contributed by atoms with Crippen LogP contribution in [0.4, 0.5) is 14.7 Å². The van der Waals surface area contributed by atoms with Crippen molar-refractivity contribution in [3.8, 4) is 0 Å². The Hall–Kier alpha value is -1.46. The SMILES string of the molecule is C=Cc1nc(N2CCC(F)(F)C2)nn1C. The number of aromatic nitrogens is 3. The van der Waals surface area contributed by atoms with Gasteiger partial charge in [-0.1, -0.05) is 6.58 Å². The maximum atomic E-state index is 12.9. The Morgan fingerprint density at radius 1 is 1.53 bits per heavy atom. The monoisotopic (exact) mass is 214 g/mol. The maximum absolute atomic E-state index is 12.9. The molecule has 15 heavy (non-hydrogen) atoms. The molecule has 0 bridgehead atoms. The lowest BCUT2D eigenvalue weighted by atomic mass is 10.3. The molecular weight excluding hydrogens is 202 g/mol. The van der Waals surface area contributed by atoms with Crippen LogP contribution in [0.1, 0.15) is 12.2 Å². The summed E-state index contributed by atoms with van der Waals surface area (Å²) in [4.78, 5) is 5.60. The zero-order valence-electron chi connectivity index (χ0n) is 8.45. The molecule has 0 aromatic carbocycles. The fourth-order valence-corrected chi connectivity index (χ4v) is 1.60. The van der Waals surface area contributed by atoms with E-state index >= 15 is 0 Å². The third-order valence-electron chi connectivity index (χ3n) is 2.42. The van der Waals surface area contributed by atoms with Gasteiger partial charge in [0.15, 0.2) is 5.82 Å². The topological polar surface area (TPSA) is 34.0 Å². The van der Waals surface area contributed by atoms with Crippen LogP contribution < -0.4 is 4.90 Å². The largest absolute Gasteiger partial charge is 0.333 e. The van der Waals surface area contributed by atoms with Gasteiger partial charge in [-0.15, -0.1) is 5.10 Å². The number of alkyl halides is 2. The second-order valence-corrected chi connectivity index (χ2v) is 3.63. The maximum Gasteiger partial charge on any atom is 0.267 e. The molecule has 2 heterocycles. The fraction of sp³-hybridized carbons (Fsp3) is 0.556. The van der Waals surface area contributed by atoms with Crippen LogP contribution in [0.2, 0.25) is 0 Å². The molecular formula is C9H12F2N4. The molecule has 0 saturated carbocycles. The van der Waals surface area contributed by atoms with E-state index in [1.54, 1.807) is 13.1 Å². The molecule has 1 aliphatic rings. The summed E-state index contributed by atoms with van der Waals surface area (Å²) in [5.41, 5.74) is 0. The quantitative estimate of drug-likeness (QED) is 0.744. The molecule has 0 N–H and O–H groups in total. The number of nitrogens with zero attached hydrogens (tertiary/aromatic N) is 4. The molecule has 0 radical (unpaired) electrons. The second-order valence-electron chi connectivity index (χ2n) is 3.63. The normalized spacial score (nSPS) is 19.5. The van der Waals surface area contributed by atoms with Crippen molar-refractivity contribution in [2.75, 3.05) is 18.0 Å². The van der Waals surface area contributed by atoms with Crippen LogP contribution >= 0.6 is 0 Å². The smallest absolute Gasteiger partial charge is 0.267 e. The third-order valence-corrected chi connectivity index (χ3v) is 2.42. The number of aryl methyl sites for hydroxylation is 1. The molecule has 0 atom stereocenters. The number of hydrogen-bond acceptors (Lipinski definition) is 3. The molecule has 1 aromatic heterocycles. The molecule has 1 fully saturated rings. The van der Waals surface area contributed by atoms with Gasteiger partial charge < -0.3 is 4.90 Å². The summed E-state index contributed by atoms with van der Waals surface area (Å²) in [6.45, 7) is 3.57. The molecule has 6 heteroatoms. The Balaban J connectivity index is 2.20. The molecule has 82 valence electrons. The van der Waals surface area contributed by atoms with Crippen LogP contribution in [-0.2, 0) is 7.05 Å². The summed E-state index contributed by atoms with van der Waals surface area (Å²) in [7, 11) is 1.71. The highest BCUT2D eigenvalue weighted by atomic mass is 19.3. The highest BCUT2D eigenvalue weighted by Gasteiger charge is 2.39. The van der Waals surface area contributed by atoms with E-state index in [0.29, 0.717) is 18.3 Å². The summed E-state index contributed by atoms with van der Waals surface area (Å²) in [5.74, 6) is -1.68. The molecule has 1 saturated heterocycles. The lowest BCUT2D eigenvalue weighted by Crippen LogP contribution is -2.25. The number of anilines is 1. The van der Waals surface area contributed by atoms with E-state index in [1.807, 2.05) is 0 Å². The molecule has 2 rings (SSSR count). The summed E-state index contributed by atoms with van der Waals surface area (Å²) in [6.07, 6.45) is 1.42. The van der Waals surface area contributed by atoms with Gasteiger partial charge in [0.1, 0.15) is 0 Å².